The highest BCUT2D eigenvalue weighted by Gasteiger charge is 2.13. The van der Waals surface area contributed by atoms with Gasteiger partial charge in [-0.3, -0.25) is 0 Å². The molecule has 0 unspecified atom stereocenters. The van der Waals surface area contributed by atoms with Crippen molar-refractivity contribution in [2.75, 3.05) is 5.32 Å². The topological polar surface area (TPSA) is 91.3 Å². The van der Waals surface area contributed by atoms with Crippen molar-refractivity contribution < 1.29 is 14.7 Å². The Bertz CT molecular complexity index is 644. The first kappa shape index (κ1) is 14.5. The third-order valence-corrected chi connectivity index (χ3v) is 4.29. The number of pyridine rings is 1. The number of thiophene rings is 1. The van der Waals surface area contributed by atoms with Crippen molar-refractivity contribution in [1.82, 2.24) is 10.3 Å². The molecule has 6 nitrogen and oxygen atoms in total. The van der Waals surface area contributed by atoms with Crippen LogP contribution in [0.3, 0.4) is 0 Å². The van der Waals surface area contributed by atoms with E-state index >= 15 is 0 Å². The SMILES string of the molecule is O=C(NCc1sccc1Br)Nc1cccnc1C(=O)O. The van der Waals surface area contributed by atoms with Gasteiger partial charge in [0.2, 0.25) is 0 Å². The molecule has 2 rings (SSSR count). The molecule has 2 amide bonds. The van der Waals surface area contributed by atoms with Crippen molar-refractivity contribution in [2.45, 2.75) is 6.54 Å². The predicted octanol–water partition coefficient (Wildman–Crippen LogP) is 2.93. The minimum atomic E-state index is -1.19. The van der Waals surface area contributed by atoms with Gasteiger partial charge in [0.25, 0.3) is 0 Å². The molecule has 2 aromatic rings. The highest BCUT2D eigenvalue weighted by molar-refractivity contribution is 9.10. The fourth-order valence-corrected chi connectivity index (χ4v) is 2.89. The molecule has 104 valence electrons. The summed E-state index contributed by atoms with van der Waals surface area (Å²) in [5, 5.41) is 16.0. The number of hydrogen-bond acceptors (Lipinski definition) is 4. The molecule has 0 fully saturated rings. The number of carboxylic acids is 1. The van der Waals surface area contributed by atoms with Gasteiger partial charge in [-0.1, -0.05) is 0 Å². The molecule has 0 spiro atoms. The molecule has 0 aliphatic heterocycles. The van der Waals surface area contributed by atoms with E-state index < -0.39 is 12.0 Å². The van der Waals surface area contributed by atoms with Crippen LogP contribution in [-0.4, -0.2) is 22.1 Å². The van der Waals surface area contributed by atoms with Gasteiger partial charge < -0.3 is 15.7 Å². The molecule has 0 aromatic carbocycles. The average molecular weight is 356 g/mol. The van der Waals surface area contributed by atoms with Crippen LogP contribution in [0.25, 0.3) is 0 Å². The summed E-state index contributed by atoms with van der Waals surface area (Å²) in [5.41, 5.74) is -0.0392. The van der Waals surface area contributed by atoms with Crippen LogP contribution in [-0.2, 0) is 6.54 Å². The van der Waals surface area contributed by atoms with Gasteiger partial charge >= 0.3 is 12.0 Å². The lowest BCUT2D eigenvalue weighted by Crippen LogP contribution is -2.28. The van der Waals surface area contributed by atoms with Gasteiger partial charge in [-0.05, 0) is 39.5 Å². The van der Waals surface area contributed by atoms with E-state index in [9.17, 15) is 9.59 Å². The van der Waals surface area contributed by atoms with Crippen molar-refractivity contribution >= 4 is 45.0 Å². The molecular weight excluding hydrogens is 346 g/mol. The molecule has 0 saturated heterocycles. The number of urea groups is 1. The molecule has 3 N–H and O–H groups in total. The molecule has 20 heavy (non-hydrogen) atoms. The van der Waals surface area contributed by atoms with Crippen molar-refractivity contribution in [3.05, 3.63) is 44.8 Å². The van der Waals surface area contributed by atoms with Crippen molar-refractivity contribution in [1.29, 1.82) is 0 Å². The summed E-state index contributed by atoms with van der Waals surface area (Å²) in [5.74, 6) is -1.19. The van der Waals surface area contributed by atoms with E-state index in [1.807, 2.05) is 11.4 Å². The maximum Gasteiger partial charge on any atom is 0.356 e. The molecule has 2 aromatic heterocycles. The molecule has 0 saturated carbocycles. The van der Waals surface area contributed by atoms with Crippen molar-refractivity contribution in [3.8, 4) is 0 Å². The second kappa shape index (κ2) is 6.49. The largest absolute Gasteiger partial charge is 0.476 e. The van der Waals surface area contributed by atoms with Crippen molar-refractivity contribution in [2.24, 2.45) is 0 Å². The zero-order valence-corrected chi connectivity index (χ0v) is 12.5. The maximum absolute atomic E-state index is 11.7. The Kier molecular flexibility index (Phi) is 4.70. The highest BCUT2D eigenvalue weighted by atomic mass is 79.9. The van der Waals surface area contributed by atoms with Gasteiger partial charge in [-0.25, -0.2) is 14.6 Å². The lowest BCUT2D eigenvalue weighted by molar-refractivity contribution is 0.0692. The fraction of sp³-hybridized carbons (Fsp3) is 0.0833. The minimum absolute atomic E-state index is 0.155. The number of carboxylic acid groups (broad SMARTS) is 1. The van der Waals surface area contributed by atoms with Crippen LogP contribution in [0.2, 0.25) is 0 Å². The van der Waals surface area contributed by atoms with E-state index in [0.29, 0.717) is 6.54 Å². The summed E-state index contributed by atoms with van der Waals surface area (Å²) < 4.78 is 0.926. The van der Waals surface area contributed by atoms with Crippen LogP contribution in [0.15, 0.2) is 34.2 Å². The standard InChI is InChI=1S/C12H10BrN3O3S/c13-7-3-5-20-9(7)6-15-12(19)16-8-2-1-4-14-10(8)11(17)18/h1-5H,6H2,(H,17,18)(H2,15,16,19). The molecule has 0 atom stereocenters. The number of halogens is 1. The lowest BCUT2D eigenvalue weighted by Gasteiger charge is -2.08. The quantitative estimate of drug-likeness (QED) is 0.786. The zero-order valence-electron chi connectivity index (χ0n) is 10.1. The molecule has 8 heteroatoms. The van der Waals surface area contributed by atoms with Crippen molar-refractivity contribution in [3.63, 3.8) is 0 Å². The van der Waals surface area contributed by atoms with Crippen LogP contribution in [0, 0.1) is 0 Å². The number of carbonyl (C=O) groups excluding carboxylic acids is 1. The Balaban J connectivity index is 1.98. The highest BCUT2D eigenvalue weighted by Crippen LogP contribution is 2.22. The number of carbonyl (C=O) groups is 2. The Morgan fingerprint density at radius 3 is 2.85 bits per heavy atom. The van der Waals surface area contributed by atoms with E-state index in [4.69, 9.17) is 5.11 Å². The van der Waals surface area contributed by atoms with E-state index in [1.54, 1.807) is 6.07 Å². The van der Waals surface area contributed by atoms with Crippen LogP contribution in [0.1, 0.15) is 15.4 Å². The van der Waals surface area contributed by atoms with Gasteiger partial charge in [0.05, 0.1) is 12.2 Å². The third-order valence-electron chi connectivity index (χ3n) is 2.36. The van der Waals surface area contributed by atoms with Gasteiger partial charge in [0.15, 0.2) is 5.69 Å². The van der Waals surface area contributed by atoms with Gasteiger partial charge in [-0.15, -0.1) is 11.3 Å². The van der Waals surface area contributed by atoms with Crippen LogP contribution in [0.4, 0.5) is 10.5 Å². The molecule has 0 aliphatic carbocycles. The maximum atomic E-state index is 11.7. The zero-order chi connectivity index (χ0) is 14.5. The van der Waals surface area contributed by atoms with E-state index in [2.05, 4.69) is 31.5 Å². The summed E-state index contributed by atoms with van der Waals surface area (Å²) in [4.78, 5) is 27.4. The average Bonchev–Trinajstić information content (AvgIpc) is 2.82. The number of nitrogens with zero attached hydrogens (tertiary/aromatic N) is 1. The summed E-state index contributed by atoms with van der Waals surface area (Å²) >= 11 is 4.87. The second-order valence-corrected chi connectivity index (χ2v) is 5.56. The number of anilines is 1. The van der Waals surface area contributed by atoms with Gasteiger partial charge in [0, 0.05) is 15.5 Å². The van der Waals surface area contributed by atoms with Crippen LogP contribution in [0.5, 0.6) is 0 Å². The summed E-state index contributed by atoms with van der Waals surface area (Å²) in [6, 6.07) is 4.44. The molecular formula is C12H10BrN3O3S. The van der Waals surface area contributed by atoms with E-state index in [0.717, 1.165) is 9.35 Å². The number of aromatic carboxylic acids is 1. The van der Waals surface area contributed by atoms with Gasteiger partial charge in [-0.2, -0.15) is 0 Å². The first-order valence-corrected chi connectivity index (χ1v) is 7.20. The Morgan fingerprint density at radius 1 is 1.40 bits per heavy atom. The molecule has 2 heterocycles. The van der Waals surface area contributed by atoms with Gasteiger partial charge in [0.1, 0.15) is 0 Å². The first-order chi connectivity index (χ1) is 9.58. The summed E-state index contributed by atoms with van der Waals surface area (Å²) in [6.07, 6.45) is 1.36. The van der Waals surface area contributed by atoms with Crippen LogP contribution < -0.4 is 10.6 Å². The minimum Gasteiger partial charge on any atom is -0.476 e. The molecule has 0 aliphatic rings. The predicted molar refractivity (Wildman–Crippen MR) is 79.1 cm³/mol. The fourth-order valence-electron chi connectivity index (χ4n) is 1.45. The Morgan fingerprint density at radius 2 is 2.20 bits per heavy atom. The summed E-state index contributed by atoms with van der Waals surface area (Å²) in [6.45, 7) is 0.354. The first-order valence-electron chi connectivity index (χ1n) is 5.53. The number of nitrogens with one attached hydrogen (secondary N) is 2. The Labute approximate surface area is 127 Å². The third kappa shape index (κ3) is 3.55. The number of hydrogen-bond donors (Lipinski definition) is 3. The smallest absolute Gasteiger partial charge is 0.356 e. The Hall–Kier alpha value is -1.93. The monoisotopic (exact) mass is 355 g/mol. The second-order valence-electron chi connectivity index (χ2n) is 3.70. The number of amides is 2. The van der Waals surface area contributed by atoms with E-state index in [-0.39, 0.29) is 11.4 Å². The normalized spacial score (nSPS) is 10.1. The molecule has 0 bridgehead atoms. The summed E-state index contributed by atoms with van der Waals surface area (Å²) in [7, 11) is 0. The molecule has 0 radical (unpaired) electrons. The lowest BCUT2D eigenvalue weighted by atomic mass is 10.3. The van der Waals surface area contributed by atoms with Crippen LogP contribution >= 0.6 is 27.3 Å². The number of aromatic nitrogens is 1. The number of rotatable bonds is 4. The van der Waals surface area contributed by atoms with E-state index in [1.165, 1.54) is 23.6 Å².